The molecule has 6 nitrogen and oxygen atoms in total. The predicted octanol–water partition coefficient (Wildman–Crippen LogP) is -0.0473. The highest BCUT2D eigenvalue weighted by Crippen LogP contribution is 2.15. The number of hydrogen-bond acceptors (Lipinski definition) is 5. The highest BCUT2D eigenvalue weighted by molar-refractivity contribution is 7.91. The molecule has 2 rings (SSSR count). The second kappa shape index (κ2) is 6.74. The van der Waals surface area contributed by atoms with Crippen molar-refractivity contribution in [2.24, 2.45) is 0 Å². The van der Waals surface area contributed by atoms with Crippen LogP contribution in [0.15, 0.2) is 29.2 Å². The van der Waals surface area contributed by atoms with Gasteiger partial charge in [-0.2, -0.15) is 0 Å². The minimum absolute atomic E-state index is 0.0259. The molecule has 0 spiro atoms. The maximum Gasteiger partial charge on any atom is 0.237 e. The molecule has 0 saturated carbocycles. The van der Waals surface area contributed by atoms with Crippen LogP contribution in [0.5, 0.6) is 0 Å². The van der Waals surface area contributed by atoms with Gasteiger partial charge in [0.1, 0.15) is 0 Å². The van der Waals surface area contributed by atoms with Gasteiger partial charge in [-0.25, -0.2) is 8.42 Å². The first-order chi connectivity index (χ1) is 9.88. The summed E-state index contributed by atoms with van der Waals surface area (Å²) in [6, 6.07) is 5.44. The van der Waals surface area contributed by atoms with Gasteiger partial charge in [0.25, 0.3) is 0 Å². The van der Waals surface area contributed by atoms with Crippen molar-refractivity contribution in [3.05, 3.63) is 29.3 Å². The number of aliphatic hydroxyl groups is 1. The molecule has 0 aromatic heterocycles. The molecule has 1 saturated heterocycles. The quantitative estimate of drug-likeness (QED) is 0.703. The normalized spacial score (nSPS) is 22.2. The van der Waals surface area contributed by atoms with E-state index in [1.807, 2.05) is 0 Å². The molecule has 1 aromatic carbocycles. The number of sulfone groups is 1. The summed E-state index contributed by atoms with van der Waals surface area (Å²) < 4.78 is 24.1. The van der Waals surface area contributed by atoms with Gasteiger partial charge in [0.05, 0.1) is 22.8 Å². The Labute approximate surface area is 128 Å². The van der Waals surface area contributed by atoms with Gasteiger partial charge >= 0.3 is 0 Å². The molecule has 2 unspecified atom stereocenters. The second-order valence-corrected chi connectivity index (χ2v) is 7.46. The number of halogens is 1. The number of nitrogens with one attached hydrogen (secondary N) is 2. The lowest BCUT2D eigenvalue weighted by Crippen LogP contribution is -2.42. The second-order valence-electron chi connectivity index (χ2n) is 4.91. The fourth-order valence-corrected chi connectivity index (χ4v) is 3.39. The summed E-state index contributed by atoms with van der Waals surface area (Å²) in [4.78, 5) is 11.9. The van der Waals surface area contributed by atoms with Crippen LogP contribution >= 0.6 is 11.6 Å². The van der Waals surface area contributed by atoms with E-state index in [9.17, 15) is 18.3 Å². The number of carbonyl (C=O) groups excluding carboxylic acids is 1. The molecule has 1 aliphatic rings. The van der Waals surface area contributed by atoms with Gasteiger partial charge in [0.15, 0.2) is 9.84 Å². The summed E-state index contributed by atoms with van der Waals surface area (Å²) in [5.41, 5.74) is 0. The molecule has 1 fully saturated rings. The van der Waals surface area contributed by atoms with E-state index in [0.717, 1.165) is 0 Å². The molecular weight excluding hydrogens is 316 g/mol. The summed E-state index contributed by atoms with van der Waals surface area (Å²) >= 11 is 5.71. The van der Waals surface area contributed by atoms with Gasteiger partial charge in [0, 0.05) is 18.1 Å². The van der Waals surface area contributed by atoms with Crippen LogP contribution in [0.1, 0.15) is 6.42 Å². The number of rotatable bonds is 5. The predicted molar refractivity (Wildman–Crippen MR) is 78.9 cm³/mol. The number of hydrogen-bond donors (Lipinski definition) is 3. The van der Waals surface area contributed by atoms with Crippen molar-refractivity contribution >= 4 is 27.3 Å². The average Bonchev–Trinajstić information content (AvgIpc) is 2.86. The molecule has 1 heterocycles. The molecular formula is C13H17ClN2O4S. The highest BCUT2D eigenvalue weighted by Gasteiger charge is 2.28. The van der Waals surface area contributed by atoms with Crippen molar-refractivity contribution in [1.29, 1.82) is 0 Å². The molecule has 0 bridgehead atoms. The Morgan fingerprint density at radius 1 is 1.38 bits per heavy atom. The van der Waals surface area contributed by atoms with Crippen molar-refractivity contribution in [2.45, 2.75) is 23.5 Å². The summed E-state index contributed by atoms with van der Waals surface area (Å²) in [7, 11) is -3.45. The molecule has 0 radical (unpaired) electrons. The van der Waals surface area contributed by atoms with E-state index < -0.39 is 22.0 Å². The van der Waals surface area contributed by atoms with Crippen LogP contribution in [0.4, 0.5) is 0 Å². The van der Waals surface area contributed by atoms with Crippen LogP contribution in [0, 0.1) is 0 Å². The third-order valence-electron chi connectivity index (χ3n) is 3.27. The van der Waals surface area contributed by atoms with Gasteiger partial charge in [-0.05, 0) is 30.7 Å². The van der Waals surface area contributed by atoms with E-state index in [0.29, 0.717) is 18.0 Å². The first-order valence-corrected chi connectivity index (χ1v) is 8.59. The van der Waals surface area contributed by atoms with Gasteiger partial charge in [-0.1, -0.05) is 11.6 Å². The zero-order chi connectivity index (χ0) is 15.5. The van der Waals surface area contributed by atoms with Crippen LogP contribution in [0.25, 0.3) is 0 Å². The van der Waals surface area contributed by atoms with E-state index >= 15 is 0 Å². The molecule has 8 heteroatoms. The Hall–Kier alpha value is -1.15. The standard InChI is InChI=1S/C13H17ClN2O4S/c14-9-1-3-11(4-2-9)21(19,20)6-5-15-13(18)12-7-10(17)8-16-12/h1-4,10,12,16-17H,5-8H2,(H,15,18). The number of β-amino-alcohol motifs (C(OH)–C–C–N with tert-alkyl or cyclic N) is 1. The minimum atomic E-state index is -3.45. The molecule has 116 valence electrons. The van der Waals surface area contributed by atoms with Crippen LogP contribution in [-0.2, 0) is 14.6 Å². The number of carbonyl (C=O) groups is 1. The first kappa shape index (κ1) is 16.2. The summed E-state index contributed by atoms with van der Waals surface area (Å²) in [6.45, 7) is 0.402. The monoisotopic (exact) mass is 332 g/mol. The van der Waals surface area contributed by atoms with Gasteiger partial charge in [-0.15, -0.1) is 0 Å². The molecule has 21 heavy (non-hydrogen) atoms. The molecule has 1 aromatic rings. The van der Waals surface area contributed by atoms with E-state index in [2.05, 4.69) is 10.6 Å². The SMILES string of the molecule is O=C(NCCS(=O)(=O)c1ccc(Cl)cc1)C1CC(O)CN1. The highest BCUT2D eigenvalue weighted by atomic mass is 35.5. The molecule has 1 aliphatic heterocycles. The maximum absolute atomic E-state index is 12.0. The zero-order valence-corrected chi connectivity index (χ0v) is 12.8. The third kappa shape index (κ3) is 4.41. The Kier molecular flexibility index (Phi) is 5.21. The first-order valence-electron chi connectivity index (χ1n) is 6.56. The summed E-state index contributed by atoms with van der Waals surface area (Å²) in [5, 5.41) is 15.2. The van der Waals surface area contributed by atoms with Crippen molar-refractivity contribution < 1.29 is 18.3 Å². The smallest absolute Gasteiger partial charge is 0.237 e. The number of aliphatic hydroxyl groups excluding tert-OH is 1. The van der Waals surface area contributed by atoms with Gasteiger partial charge in [0.2, 0.25) is 5.91 Å². The van der Waals surface area contributed by atoms with E-state index in [1.165, 1.54) is 24.3 Å². The summed E-state index contributed by atoms with van der Waals surface area (Å²) in [6.07, 6.45) is -0.186. The van der Waals surface area contributed by atoms with Crippen molar-refractivity contribution in [1.82, 2.24) is 10.6 Å². The lowest BCUT2D eigenvalue weighted by Gasteiger charge is -2.11. The van der Waals surface area contributed by atoms with Crippen molar-refractivity contribution in [3.8, 4) is 0 Å². The minimum Gasteiger partial charge on any atom is -0.392 e. The fraction of sp³-hybridized carbons (Fsp3) is 0.462. The van der Waals surface area contributed by atoms with Crippen LogP contribution in [-0.4, -0.2) is 50.4 Å². The maximum atomic E-state index is 12.0. The van der Waals surface area contributed by atoms with Crippen molar-refractivity contribution in [2.75, 3.05) is 18.8 Å². The largest absolute Gasteiger partial charge is 0.392 e. The molecule has 0 aliphatic carbocycles. The fourth-order valence-electron chi connectivity index (χ4n) is 2.11. The van der Waals surface area contributed by atoms with Crippen LogP contribution < -0.4 is 10.6 Å². The van der Waals surface area contributed by atoms with Crippen molar-refractivity contribution in [3.63, 3.8) is 0 Å². The van der Waals surface area contributed by atoms with Crippen LogP contribution in [0.2, 0.25) is 5.02 Å². The Morgan fingerprint density at radius 2 is 2.05 bits per heavy atom. The number of benzene rings is 1. The molecule has 1 amide bonds. The van der Waals surface area contributed by atoms with E-state index in [4.69, 9.17) is 11.6 Å². The van der Waals surface area contributed by atoms with Gasteiger partial charge in [-0.3, -0.25) is 4.79 Å². The Morgan fingerprint density at radius 3 is 2.62 bits per heavy atom. The van der Waals surface area contributed by atoms with E-state index in [1.54, 1.807) is 0 Å². The number of amides is 1. The molecule has 3 N–H and O–H groups in total. The van der Waals surface area contributed by atoms with E-state index in [-0.39, 0.29) is 23.1 Å². The lowest BCUT2D eigenvalue weighted by molar-refractivity contribution is -0.122. The Balaban J connectivity index is 1.85. The zero-order valence-electron chi connectivity index (χ0n) is 11.3. The Bertz CT molecular complexity index is 603. The average molecular weight is 333 g/mol. The topological polar surface area (TPSA) is 95.5 Å². The molecule has 2 atom stereocenters. The summed E-state index contributed by atoms with van der Waals surface area (Å²) in [5.74, 6) is -0.479. The lowest BCUT2D eigenvalue weighted by atomic mass is 10.2. The van der Waals surface area contributed by atoms with Crippen LogP contribution in [0.3, 0.4) is 0 Å². The third-order valence-corrected chi connectivity index (χ3v) is 5.25. The van der Waals surface area contributed by atoms with Gasteiger partial charge < -0.3 is 15.7 Å².